The number of amides is 3. The molecule has 33 heavy (non-hydrogen) atoms. The van der Waals surface area contributed by atoms with Gasteiger partial charge in [-0.1, -0.05) is 18.2 Å². The van der Waals surface area contributed by atoms with E-state index >= 15 is 0 Å². The van der Waals surface area contributed by atoms with Crippen molar-refractivity contribution in [1.82, 2.24) is 5.32 Å². The number of anilines is 2. The highest BCUT2D eigenvalue weighted by molar-refractivity contribution is 5.98. The van der Waals surface area contributed by atoms with Crippen LogP contribution in [-0.2, 0) is 4.79 Å². The monoisotopic (exact) mass is 447 g/mol. The Morgan fingerprint density at radius 1 is 0.909 bits per heavy atom. The van der Waals surface area contributed by atoms with E-state index in [0.717, 1.165) is 5.75 Å². The van der Waals surface area contributed by atoms with Gasteiger partial charge in [-0.25, -0.2) is 4.79 Å². The number of methoxy groups -OCH3 is 2. The summed E-state index contributed by atoms with van der Waals surface area (Å²) in [6, 6.07) is 21.1. The van der Waals surface area contributed by atoms with Crippen molar-refractivity contribution in [3.63, 3.8) is 0 Å². The third kappa shape index (κ3) is 5.35. The number of nitrogens with one attached hydrogen (secondary N) is 2. The molecule has 0 aliphatic carbocycles. The van der Waals surface area contributed by atoms with Gasteiger partial charge in [-0.2, -0.15) is 0 Å². The average Bonchev–Trinajstić information content (AvgIpc) is 3.20. The van der Waals surface area contributed by atoms with Gasteiger partial charge in [0, 0.05) is 30.4 Å². The highest BCUT2D eigenvalue weighted by Crippen LogP contribution is 2.33. The molecule has 0 radical (unpaired) electrons. The first-order valence-corrected chi connectivity index (χ1v) is 10.5. The largest absolute Gasteiger partial charge is 0.493 e. The van der Waals surface area contributed by atoms with Crippen LogP contribution in [0.25, 0.3) is 0 Å². The molecule has 0 aromatic heterocycles. The van der Waals surface area contributed by atoms with Crippen molar-refractivity contribution in [2.75, 3.05) is 31.0 Å². The third-order valence-electron chi connectivity index (χ3n) is 5.23. The molecule has 8 nitrogen and oxygen atoms in total. The zero-order valence-electron chi connectivity index (χ0n) is 18.4. The summed E-state index contributed by atoms with van der Waals surface area (Å²) in [5.41, 5.74) is 1.31. The number of benzene rings is 3. The molecular weight excluding hydrogens is 422 g/mol. The third-order valence-corrected chi connectivity index (χ3v) is 5.23. The van der Waals surface area contributed by atoms with Crippen molar-refractivity contribution in [1.29, 1.82) is 0 Å². The van der Waals surface area contributed by atoms with Gasteiger partial charge < -0.3 is 29.7 Å². The quantitative estimate of drug-likeness (QED) is 0.560. The Balaban J connectivity index is 1.32. The molecule has 0 spiro atoms. The number of carbonyl (C=O) groups is 2. The maximum Gasteiger partial charge on any atom is 0.319 e. The van der Waals surface area contributed by atoms with Gasteiger partial charge in [0.1, 0.15) is 11.5 Å². The van der Waals surface area contributed by atoms with Crippen LogP contribution in [0.5, 0.6) is 23.0 Å². The standard InChI is InChI=1S/C25H25N3O5/c1-31-22-13-10-19(15-23(22)32-2)28-16-18(14-24(28)29)27-25(30)26-17-8-11-21(12-9-17)33-20-6-4-3-5-7-20/h3-13,15,18H,14,16H2,1-2H3,(H2,26,27,30). The Labute approximate surface area is 192 Å². The number of nitrogens with zero attached hydrogens (tertiary/aromatic N) is 1. The fourth-order valence-corrected chi connectivity index (χ4v) is 3.63. The molecule has 1 fully saturated rings. The molecule has 1 atom stereocenters. The summed E-state index contributed by atoms with van der Waals surface area (Å²) in [6.07, 6.45) is 0.214. The van der Waals surface area contributed by atoms with Crippen LogP contribution in [0.2, 0.25) is 0 Å². The van der Waals surface area contributed by atoms with Crippen molar-refractivity contribution in [3.05, 3.63) is 72.8 Å². The lowest BCUT2D eigenvalue weighted by molar-refractivity contribution is -0.117. The van der Waals surface area contributed by atoms with Crippen molar-refractivity contribution >= 4 is 23.3 Å². The van der Waals surface area contributed by atoms with Gasteiger partial charge in [-0.05, 0) is 48.5 Å². The van der Waals surface area contributed by atoms with Crippen LogP contribution in [0.15, 0.2) is 72.8 Å². The topological polar surface area (TPSA) is 89.1 Å². The predicted octanol–water partition coefficient (Wildman–Crippen LogP) is 4.42. The molecule has 0 bridgehead atoms. The van der Waals surface area contributed by atoms with E-state index in [2.05, 4.69) is 10.6 Å². The van der Waals surface area contributed by atoms with Crippen molar-refractivity contribution in [2.24, 2.45) is 0 Å². The number of hydrogen-bond donors (Lipinski definition) is 2. The van der Waals surface area contributed by atoms with E-state index in [0.29, 0.717) is 35.2 Å². The molecule has 1 saturated heterocycles. The molecule has 1 heterocycles. The van der Waals surface area contributed by atoms with Gasteiger partial charge in [-0.3, -0.25) is 4.79 Å². The van der Waals surface area contributed by atoms with E-state index in [4.69, 9.17) is 14.2 Å². The summed E-state index contributed by atoms with van der Waals surface area (Å²) in [5, 5.41) is 5.65. The van der Waals surface area contributed by atoms with Gasteiger partial charge >= 0.3 is 6.03 Å². The summed E-state index contributed by atoms with van der Waals surface area (Å²) in [6.45, 7) is 0.367. The van der Waals surface area contributed by atoms with Crippen LogP contribution in [0.1, 0.15) is 6.42 Å². The smallest absolute Gasteiger partial charge is 0.319 e. The minimum atomic E-state index is -0.376. The Hall–Kier alpha value is -4.20. The second-order valence-electron chi connectivity index (χ2n) is 7.48. The molecule has 3 amide bonds. The number of para-hydroxylation sites is 1. The minimum Gasteiger partial charge on any atom is -0.493 e. The van der Waals surface area contributed by atoms with E-state index in [-0.39, 0.29) is 24.4 Å². The molecule has 1 unspecified atom stereocenters. The summed E-state index contributed by atoms with van der Waals surface area (Å²) in [5.74, 6) is 2.45. The van der Waals surface area contributed by atoms with E-state index in [1.807, 2.05) is 30.3 Å². The second kappa shape index (κ2) is 9.95. The fourth-order valence-electron chi connectivity index (χ4n) is 3.63. The summed E-state index contributed by atoms with van der Waals surface area (Å²) in [4.78, 5) is 26.6. The van der Waals surface area contributed by atoms with Gasteiger partial charge in [-0.15, -0.1) is 0 Å². The lowest BCUT2D eigenvalue weighted by Crippen LogP contribution is -2.39. The maximum absolute atomic E-state index is 12.5. The van der Waals surface area contributed by atoms with E-state index in [1.165, 1.54) is 0 Å². The number of rotatable bonds is 7. The van der Waals surface area contributed by atoms with E-state index < -0.39 is 0 Å². The molecule has 2 N–H and O–H groups in total. The molecule has 1 aliphatic heterocycles. The van der Waals surface area contributed by atoms with Crippen molar-refractivity contribution in [2.45, 2.75) is 12.5 Å². The van der Waals surface area contributed by atoms with Crippen LogP contribution in [0, 0.1) is 0 Å². The molecule has 8 heteroatoms. The number of carbonyl (C=O) groups excluding carboxylic acids is 2. The molecular formula is C25H25N3O5. The second-order valence-corrected chi connectivity index (χ2v) is 7.48. The lowest BCUT2D eigenvalue weighted by Gasteiger charge is -2.19. The first-order chi connectivity index (χ1) is 16.1. The molecule has 3 aromatic carbocycles. The summed E-state index contributed by atoms with van der Waals surface area (Å²) >= 11 is 0. The van der Waals surface area contributed by atoms with Crippen LogP contribution in [-0.4, -0.2) is 38.7 Å². The van der Waals surface area contributed by atoms with Gasteiger partial charge in [0.05, 0.1) is 20.3 Å². The van der Waals surface area contributed by atoms with Gasteiger partial charge in [0.2, 0.25) is 5.91 Å². The molecule has 0 saturated carbocycles. The summed E-state index contributed by atoms with van der Waals surface area (Å²) in [7, 11) is 3.10. The Bertz CT molecular complexity index is 1120. The lowest BCUT2D eigenvalue weighted by atomic mass is 10.2. The van der Waals surface area contributed by atoms with Crippen LogP contribution < -0.4 is 29.7 Å². The number of urea groups is 1. The predicted molar refractivity (Wildman–Crippen MR) is 125 cm³/mol. The highest BCUT2D eigenvalue weighted by atomic mass is 16.5. The van der Waals surface area contributed by atoms with Gasteiger partial charge in [0.15, 0.2) is 11.5 Å². The van der Waals surface area contributed by atoms with E-state index in [1.54, 1.807) is 61.6 Å². The number of hydrogen-bond acceptors (Lipinski definition) is 5. The molecule has 1 aliphatic rings. The van der Waals surface area contributed by atoms with Crippen LogP contribution in [0.4, 0.5) is 16.2 Å². The average molecular weight is 447 g/mol. The molecule has 4 rings (SSSR count). The maximum atomic E-state index is 12.5. The Morgan fingerprint density at radius 2 is 1.61 bits per heavy atom. The highest BCUT2D eigenvalue weighted by Gasteiger charge is 2.32. The van der Waals surface area contributed by atoms with Crippen molar-refractivity contribution < 1.29 is 23.8 Å². The van der Waals surface area contributed by atoms with Crippen LogP contribution >= 0.6 is 0 Å². The summed E-state index contributed by atoms with van der Waals surface area (Å²) < 4.78 is 16.3. The Morgan fingerprint density at radius 3 is 2.30 bits per heavy atom. The van der Waals surface area contributed by atoms with Crippen LogP contribution in [0.3, 0.4) is 0 Å². The molecule has 3 aromatic rings. The fraction of sp³-hybridized carbons (Fsp3) is 0.200. The minimum absolute atomic E-state index is 0.0741. The van der Waals surface area contributed by atoms with E-state index in [9.17, 15) is 9.59 Å². The zero-order chi connectivity index (χ0) is 23.2. The SMILES string of the molecule is COc1ccc(N2CC(NC(=O)Nc3ccc(Oc4ccccc4)cc3)CC2=O)cc1OC. The first kappa shape index (κ1) is 22.0. The Kier molecular flexibility index (Phi) is 6.64. The normalized spacial score (nSPS) is 15.2. The number of ether oxygens (including phenoxy) is 3. The zero-order valence-corrected chi connectivity index (χ0v) is 18.4. The first-order valence-electron chi connectivity index (χ1n) is 10.5. The van der Waals surface area contributed by atoms with Gasteiger partial charge in [0.25, 0.3) is 0 Å². The van der Waals surface area contributed by atoms with Crippen molar-refractivity contribution in [3.8, 4) is 23.0 Å². The molecule has 170 valence electrons.